The number of carbonyl (C=O) groups excluding carboxylic acids is 3. The molecular formula is C12H15N3O3. The molecule has 96 valence electrons. The fraction of sp³-hybridized carbons (Fsp3) is 0.417. The maximum absolute atomic E-state index is 12.0. The predicted octanol–water partition coefficient (Wildman–Crippen LogP) is -0.492. The van der Waals surface area contributed by atoms with E-state index in [1.54, 1.807) is 37.0 Å². The molecule has 18 heavy (non-hydrogen) atoms. The molecule has 0 aromatic carbocycles. The van der Waals surface area contributed by atoms with E-state index < -0.39 is 0 Å². The Morgan fingerprint density at radius 1 is 1.22 bits per heavy atom. The van der Waals surface area contributed by atoms with E-state index in [0.717, 1.165) is 0 Å². The molecule has 1 aromatic heterocycles. The second-order valence-electron chi connectivity index (χ2n) is 4.43. The van der Waals surface area contributed by atoms with Crippen LogP contribution in [0.1, 0.15) is 10.5 Å². The zero-order valence-corrected chi connectivity index (χ0v) is 10.4. The highest BCUT2D eigenvalue weighted by Gasteiger charge is 2.29. The number of amides is 2. The van der Waals surface area contributed by atoms with E-state index in [1.165, 1.54) is 9.80 Å². The Morgan fingerprint density at radius 2 is 1.94 bits per heavy atom. The van der Waals surface area contributed by atoms with Crippen molar-refractivity contribution in [2.75, 3.05) is 26.7 Å². The highest BCUT2D eigenvalue weighted by Crippen LogP contribution is 2.07. The molecule has 0 aliphatic carbocycles. The maximum atomic E-state index is 12.0. The first-order valence-electron chi connectivity index (χ1n) is 5.65. The van der Waals surface area contributed by atoms with Gasteiger partial charge in [0.1, 0.15) is 6.54 Å². The topological polar surface area (TPSA) is 62.6 Å². The van der Waals surface area contributed by atoms with E-state index >= 15 is 0 Å². The van der Waals surface area contributed by atoms with Gasteiger partial charge in [-0.1, -0.05) is 0 Å². The van der Waals surface area contributed by atoms with Crippen LogP contribution in [-0.2, 0) is 16.6 Å². The van der Waals surface area contributed by atoms with Crippen molar-refractivity contribution in [1.82, 2.24) is 14.4 Å². The molecule has 2 amide bonds. The molecule has 0 unspecified atom stereocenters. The summed E-state index contributed by atoms with van der Waals surface area (Å²) in [5, 5.41) is 0. The standard InChI is InChI=1S/C12H15N3O3/c1-13-5-3-4-9(13)10(16)6-15-8-11(17)14(2)7-12(15)18/h3-5H,6-8H2,1-2H3. The number of aryl methyl sites for hydroxylation is 1. The monoisotopic (exact) mass is 249 g/mol. The van der Waals surface area contributed by atoms with Crippen LogP contribution in [0.25, 0.3) is 0 Å². The van der Waals surface area contributed by atoms with Crippen molar-refractivity contribution in [1.29, 1.82) is 0 Å². The molecule has 0 bridgehead atoms. The number of ketones is 1. The molecule has 1 aliphatic heterocycles. The molecule has 1 fully saturated rings. The average molecular weight is 249 g/mol. The highest BCUT2D eigenvalue weighted by atomic mass is 16.2. The third kappa shape index (κ3) is 2.27. The fourth-order valence-electron chi connectivity index (χ4n) is 1.91. The van der Waals surface area contributed by atoms with Crippen LogP contribution in [0.4, 0.5) is 0 Å². The lowest BCUT2D eigenvalue weighted by molar-refractivity contribution is -0.148. The van der Waals surface area contributed by atoms with Gasteiger partial charge in [-0.05, 0) is 12.1 Å². The maximum Gasteiger partial charge on any atom is 0.243 e. The number of Topliss-reactive ketones (excluding diaryl/α,β-unsaturated/α-hetero) is 1. The van der Waals surface area contributed by atoms with Crippen LogP contribution in [0.2, 0.25) is 0 Å². The summed E-state index contributed by atoms with van der Waals surface area (Å²) in [7, 11) is 3.35. The minimum atomic E-state index is -0.195. The first kappa shape index (κ1) is 12.3. The molecule has 1 aliphatic rings. The summed E-state index contributed by atoms with van der Waals surface area (Å²) in [4.78, 5) is 37.9. The second-order valence-corrected chi connectivity index (χ2v) is 4.43. The minimum absolute atomic E-state index is 0.0223. The van der Waals surface area contributed by atoms with E-state index in [0.29, 0.717) is 5.69 Å². The third-order valence-corrected chi connectivity index (χ3v) is 3.04. The lowest BCUT2D eigenvalue weighted by Gasteiger charge is -2.31. The molecule has 0 N–H and O–H groups in total. The molecule has 1 saturated heterocycles. The van der Waals surface area contributed by atoms with Crippen LogP contribution in [0.3, 0.4) is 0 Å². The van der Waals surface area contributed by atoms with Crippen LogP contribution in [-0.4, -0.2) is 58.6 Å². The first-order chi connectivity index (χ1) is 8.49. The van der Waals surface area contributed by atoms with Gasteiger partial charge in [0.05, 0.1) is 18.8 Å². The molecule has 0 atom stereocenters. The smallest absolute Gasteiger partial charge is 0.243 e. The van der Waals surface area contributed by atoms with Gasteiger partial charge >= 0.3 is 0 Å². The van der Waals surface area contributed by atoms with Gasteiger partial charge in [0.25, 0.3) is 0 Å². The van der Waals surface area contributed by atoms with Crippen LogP contribution in [0, 0.1) is 0 Å². The van der Waals surface area contributed by atoms with E-state index in [2.05, 4.69) is 0 Å². The van der Waals surface area contributed by atoms with Gasteiger partial charge in [0.2, 0.25) is 11.8 Å². The van der Waals surface area contributed by atoms with E-state index in [4.69, 9.17) is 0 Å². The summed E-state index contributed by atoms with van der Waals surface area (Å²) < 4.78 is 1.70. The molecule has 0 spiro atoms. The normalized spacial score (nSPS) is 16.3. The summed E-state index contributed by atoms with van der Waals surface area (Å²) in [5.74, 6) is -0.498. The number of hydrogen-bond acceptors (Lipinski definition) is 3. The van der Waals surface area contributed by atoms with Crippen molar-refractivity contribution in [3.05, 3.63) is 24.0 Å². The van der Waals surface area contributed by atoms with Crippen LogP contribution >= 0.6 is 0 Å². The van der Waals surface area contributed by atoms with Crippen molar-refractivity contribution in [3.8, 4) is 0 Å². The number of hydrogen-bond donors (Lipinski definition) is 0. The molecule has 6 nitrogen and oxygen atoms in total. The number of piperazine rings is 1. The van der Waals surface area contributed by atoms with Crippen molar-refractivity contribution >= 4 is 17.6 Å². The number of likely N-dealkylation sites (N-methyl/N-ethyl adjacent to an activating group) is 1. The Hall–Kier alpha value is -2.11. The molecule has 0 saturated carbocycles. The van der Waals surface area contributed by atoms with Gasteiger partial charge < -0.3 is 14.4 Å². The summed E-state index contributed by atoms with van der Waals surface area (Å²) in [5.41, 5.74) is 0.536. The summed E-state index contributed by atoms with van der Waals surface area (Å²) >= 11 is 0. The first-order valence-corrected chi connectivity index (χ1v) is 5.65. The summed E-state index contributed by atoms with van der Waals surface area (Å²) in [6.45, 7) is -0.0268. The Morgan fingerprint density at radius 3 is 2.56 bits per heavy atom. The SMILES string of the molecule is CN1CC(=O)N(CC(=O)c2cccn2C)CC1=O. The summed E-state index contributed by atoms with van der Waals surface area (Å²) in [6.07, 6.45) is 1.77. The molecule has 1 aromatic rings. The number of rotatable bonds is 3. The summed E-state index contributed by atoms with van der Waals surface area (Å²) in [6, 6.07) is 3.47. The van der Waals surface area contributed by atoms with Gasteiger partial charge in [-0.3, -0.25) is 14.4 Å². The van der Waals surface area contributed by atoms with Gasteiger partial charge in [0, 0.05) is 20.3 Å². The van der Waals surface area contributed by atoms with Crippen LogP contribution in [0.15, 0.2) is 18.3 Å². The molecule has 0 radical (unpaired) electrons. The Bertz CT molecular complexity index is 506. The van der Waals surface area contributed by atoms with Crippen LogP contribution < -0.4 is 0 Å². The molecule has 6 heteroatoms. The molecular weight excluding hydrogens is 234 g/mol. The number of aromatic nitrogens is 1. The van der Waals surface area contributed by atoms with Gasteiger partial charge in [-0.15, -0.1) is 0 Å². The Labute approximate surface area is 105 Å². The zero-order valence-electron chi connectivity index (χ0n) is 10.4. The van der Waals surface area contributed by atoms with E-state index in [9.17, 15) is 14.4 Å². The Kier molecular flexibility index (Phi) is 3.18. The van der Waals surface area contributed by atoms with Gasteiger partial charge in [-0.2, -0.15) is 0 Å². The quantitative estimate of drug-likeness (QED) is 0.679. The number of nitrogens with zero attached hydrogens (tertiary/aromatic N) is 3. The Balaban J connectivity index is 2.06. The van der Waals surface area contributed by atoms with Crippen molar-refractivity contribution in [2.24, 2.45) is 7.05 Å². The second kappa shape index (κ2) is 4.64. The predicted molar refractivity (Wildman–Crippen MR) is 64.0 cm³/mol. The van der Waals surface area contributed by atoms with Gasteiger partial charge in [-0.25, -0.2) is 0 Å². The third-order valence-electron chi connectivity index (χ3n) is 3.04. The fourth-order valence-corrected chi connectivity index (χ4v) is 1.91. The van der Waals surface area contributed by atoms with Crippen LogP contribution in [0.5, 0.6) is 0 Å². The zero-order chi connectivity index (χ0) is 13.3. The lowest BCUT2D eigenvalue weighted by atomic mass is 10.2. The highest BCUT2D eigenvalue weighted by molar-refractivity contribution is 6.00. The van der Waals surface area contributed by atoms with Gasteiger partial charge in [0.15, 0.2) is 5.78 Å². The van der Waals surface area contributed by atoms with E-state index in [1.807, 2.05) is 0 Å². The number of carbonyl (C=O) groups is 3. The van der Waals surface area contributed by atoms with Crippen molar-refractivity contribution in [2.45, 2.75) is 0 Å². The molecule has 2 heterocycles. The van der Waals surface area contributed by atoms with E-state index in [-0.39, 0.29) is 37.2 Å². The largest absolute Gasteiger partial charge is 0.348 e. The minimum Gasteiger partial charge on any atom is -0.348 e. The molecule has 2 rings (SSSR count). The van der Waals surface area contributed by atoms with Crippen molar-refractivity contribution in [3.63, 3.8) is 0 Å². The average Bonchev–Trinajstić information content (AvgIpc) is 2.72. The lowest BCUT2D eigenvalue weighted by Crippen LogP contribution is -2.53. The van der Waals surface area contributed by atoms with Crippen molar-refractivity contribution < 1.29 is 14.4 Å².